The summed E-state index contributed by atoms with van der Waals surface area (Å²) in [5, 5.41) is 0. The van der Waals surface area contributed by atoms with Crippen LogP contribution in [0, 0.1) is 0 Å². The minimum absolute atomic E-state index is 0.138. The van der Waals surface area contributed by atoms with Crippen molar-refractivity contribution < 1.29 is 4.79 Å². The maximum Gasteiger partial charge on any atom is 0.146 e. The van der Waals surface area contributed by atoms with E-state index < -0.39 is 0 Å². The Morgan fingerprint density at radius 1 is 1.36 bits per heavy atom. The molecule has 0 radical (unpaired) electrons. The van der Waals surface area contributed by atoms with Gasteiger partial charge in [0.05, 0.1) is 4.75 Å². The van der Waals surface area contributed by atoms with Gasteiger partial charge in [-0.1, -0.05) is 30.1 Å². The van der Waals surface area contributed by atoms with E-state index in [0.717, 1.165) is 12.8 Å². The van der Waals surface area contributed by atoms with Crippen molar-refractivity contribution in [3.63, 3.8) is 0 Å². The van der Waals surface area contributed by atoms with Gasteiger partial charge in [0.1, 0.15) is 5.78 Å². The molecule has 0 bridgehead atoms. The van der Waals surface area contributed by atoms with Gasteiger partial charge in [-0.05, 0) is 19.8 Å². The molecule has 1 rings (SSSR count). The minimum atomic E-state index is -0.138. The summed E-state index contributed by atoms with van der Waals surface area (Å²) in [6.45, 7) is 1.69. The molecule has 1 aliphatic carbocycles. The van der Waals surface area contributed by atoms with Crippen molar-refractivity contribution in [2.24, 2.45) is 0 Å². The molecule has 0 saturated heterocycles. The first-order chi connectivity index (χ1) is 5.21. The lowest BCUT2D eigenvalue weighted by molar-refractivity contribution is -0.119. The standard InChI is InChI=1S/C8H14OS2/c1-7(9)8(11-10)5-3-2-4-6-8/h10H,2-6H2,1H3. The number of carbonyl (C=O) groups excluding carboxylic acids is 1. The van der Waals surface area contributed by atoms with Crippen LogP contribution in [0.1, 0.15) is 39.0 Å². The van der Waals surface area contributed by atoms with Gasteiger partial charge < -0.3 is 0 Å². The zero-order valence-corrected chi connectivity index (χ0v) is 8.51. The molecule has 1 fully saturated rings. The van der Waals surface area contributed by atoms with Crippen LogP contribution in [0.2, 0.25) is 0 Å². The molecule has 0 unspecified atom stereocenters. The minimum Gasteiger partial charge on any atom is -0.298 e. The van der Waals surface area contributed by atoms with E-state index in [-0.39, 0.29) is 4.75 Å². The largest absolute Gasteiger partial charge is 0.298 e. The Morgan fingerprint density at radius 3 is 2.18 bits per heavy atom. The third-order valence-corrected chi connectivity index (χ3v) is 4.57. The Hall–Kier alpha value is 0.370. The van der Waals surface area contributed by atoms with Crippen molar-refractivity contribution in [3.8, 4) is 0 Å². The first-order valence-electron chi connectivity index (χ1n) is 4.05. The molecule has 1 aliphatic rings. The van der Waals surface area contributed by atoms with Gasteiger partial charge in [0.25, 0.3) is 0 Å². The molecule has 11 heavy (non-hydrogen) atoms. The van der Waals surface area contributed by atoms with Gasteiger partial charge in [0.15, 0.2) is 0 Å². The molecule has 64 valence electrons. The number of Topliss-reactive ketones (excluding diaryl/α,β-unsaturated/α-hetero) is 1. The van der Waals surface area contributed by atoms with E-state index in [1.165, 1.54) is 30.1 Å². The molecule has 0 heterocycles. The van der Waals surface area contributed by atoms with Gasteiger partial charge >= 0.3 is 0 Å². The topological polar surface area (TPSA) is 17.1 Å². The van der Waals surface area contributed by atoms with Crippen LogP contribution in [-0.2, 0) is 4.79 Å². The first-order valence-corrected chi connectivity index (χ1v) is 5.92. The Bertz CT molecular complexity index is 150. The van der Waals surface area contributed by atoms with E-state index in [1.54, 1.807) is 6.92 Å². The van der Waals surface area contributed by atoms with Crippen LogP contribution < -0.4 is 0 Å². The van der Waals surface area contributed by atoms with Crippen molar-refractivity contribution in [2.75, 3.05) is 0 Å². The lowest BCUT2D eigenvalue weighted by atomic mass is 9.86. The molecule has 1 saturated carbocycles. The second kappa shape index (κ2) is 3.85. The van der Waals surface area contributed by atoms with E-state index in [2.05, 4.69) is 11.7 Å². The highest BCUT2D eigenvalue weighted by Gasteiger charge is 2.36. The van der Waals surface area contributed by atoms with Gasteiger partial charge in [-0.15, -0.1) is 11.7 Å². The van der Waals surface area contributed by atoms with Crippen LogP contribution in [0.15, 0.2) is 0 Å². The predicted molar refractivity (Wildman–Crippen MR) is 53.1 cm³/mol. The zero-order valence-electron chi connectivity index (χ0n) is 6.80. The summed E-state index contributed by atoms with van der Waals surface area (Å²) in [6, 6.07) is 0. The molecular formula is C8H14OS2. The third-order valence-electron chi connectivity index (χ3n) is 2.48. The second-order valence-corrected chi connectivity index (χ2v) is 4.71. The summed E-state index contributed by atoms with van der Waals surface area (Å²) >= 11 is 4.18. The van der Waals surface area contributed by atoms with Crippen molar-refractivity contribution >= 4 is 28.2 Å². The lowest BCUT2D eigenvalue weighted by Crippen LogP contribution is -2.34. The van der Waals surface area contributed by atoms with Crippen LogP contribution in [0.5, 0.6) is 0 Å². The maximum absolute atomic E-state index is 11.3. The smallest absolute Gasteiger partial charge is 0.146 e. The summed E-state index contributed by atoms with van der Waals surface area (Å²) in [5.41, 5.74) is 0. The van der Waals surface area contributed by atoms with Gasteiger partial charge in [0.2, 0.25) is 0 Å². The van der Waals surface area contributed by atoms with E-state index in [0.29, 0.717) is 5.78 Å². The van der Waals surface area contributed by atoms with E-state index in [1.807, 2.05) is 0 Å². The van der Waals surface area contributed by atoms with Crippen molar-refractivity contribution in [2.45, 2.75) is 43.8 Å². The van der Waals surface area contributed by atoms with E-state index in [4.69, 9.17) is 0 Å². The maximum atomic E-state index is 11.3. The molecule has 3 heteroatoms. The van der Waals surface area contributed by atoms with Crippen LogP contribution in [0.4, 0.5) is 0 Å². The van der Waals surface area contributed by atoms with Crippen molar-refractivity contribution in [3.05, 3.63) is 0 Å². The third kappa shape index (κ3) is 1.94. The van der Waals surface area contributed by atoms with Crippen LogP contribution in [0.25, 0.3) is 0 Å². The number of ketones is 1. The fraction of sp³-hybridized carbons (Fsp3) is 0.875. The SMILES string of the molecule is CC(=O)C1(SS)CCCCC1. The summed E-state index contributed by atoms with van der Waals surface area (Å²) in [4.78, 5) is 11.3. The number of thiol groups is 1. The fourth-order valence-corrected chi connectivity index (χ4v) is 3.16. The number of rotatable bonds is 2. The Labute approximate surface area is 77.1 Å². The molecule has 0 aliphatic heterocycles. The van der Waals surface area contributed by atoms with Crippen LogP contribution in [0.3, 0.4) is 0 Å². The number of hydrogen-bond acceptors (Lipinski definition) is 3. The lowest BCUT2D eigenvalue weighted by Gasteiger charge is -2.32. The quantitative estimate of drug-likeness (QED) is 0.533. The Morgan fingerprint density at radius 2 is 1.91 bits per heavy atom. The van der Waals surface area contributed by atoms with Crippen molar-refractivity contribution in [1.82, 2.24) is 0 Å². The summed E-state index contributed by atoms with van der Waals surface area (Å²) in [5.74, 6) is 0.303. The molecule has 0 aromatic heterocycles. The monoisotopic (exact) mass is 190 g/mol. The molecule has 0 amide bonds. The second-order valence-electron chi connectivity index (χ2n) is 3.20. The normalized spacial score (nSPS) is 23.1. The fourth-order valence-electron chi connectivity index (χ4n) is 1.63. The summed E-state index contributed by atoms with van der Waals surface area (Å²) in [7, 11) is 1.45. The average molecular weight is 190 g/mol. The van der Waals surface area contributed by atoms with Gasteiger partial charge in [-0.3, -0.25) is 4.79 Å². The summed E-state index contributed by atoms with van der Waals surface area (Å²) in [6.07, 6.45) is 5.71. The highest BCUT2D eigenvalue weighted by atomic mass is 33.1. The molecule has 0 N–H and O–H groups in total. The molecular weight excluding hydrogens is 176 g/mol. The molecule has 0 spiro atoms. The van der Waals surface area contributed by atoms with E-state index in [9.17, 15) is 4.79 Å². The molecule has 1 nitrogen and oxygen atoms in total. The van der Waals surface area contributed by atoms with Gasteiger partial charge in [-0.25, -0.2) is 0 Å². The summed E-state index contributed by atoms with van der Waals surface area (Å²) < 4.78 is -0.138. The highest BCUT2D eigenvalue weighted by molar-refractivity contribution is 8.69. The molecule has 0 atom stereocenters. The van der Waals surface area contributed by atoms with Gasteiger partial charge in [0, 0.05) is 0 Å². The average Bonchev–Trinajstić information content (AvgIpc) is 2.05. The number of hydrogen-bond donors (Lipinski definition) is 1. The van der Waals surface area contributed by atoms with Crippen molar-refractivity contribution in [1.29, 1.82) is 0 Å². The zero-order chi connectivity index (χ0) is 8.32. The Kier molecular flexibility index (Phi) is 3.31. The first kappa shape index (κ1) is 9.46. The van der Waals surface area contributed by atoms with Crippen LogP contribution in [-0.4, -0.2) is 10.5 Å². The Balaban J connectivity index is 2.64. The highest BCUT2D eigenvalue weighted by Crippen LogP contribution is 2.42. The predicted octanol–water partition coefficient (Wildman–Crippen LogP) is 2.86. The van der Waals surface area contributed by atoms with Crippen LogP contribution >= 0.6 is 22.5 Å². The molecule has 0 aromatic rings. The van der Waals surface area contributed by atoms with Gasteiger partial charge in [-0.2, -0.15) is 0 Å². The van der Waals surface area contributed by atoms with E-state index >= 15 is 0 Å². The molecule has 0 aromatic carbocycles. The number of carbonyl (C=O) groups is 1.